The molecular formula is C11H9F3N4OS. The number of carbonyl (C=O) groups is 1. The lowest BCUT2D eigenvalue weighted by atomic mass is 10.0. The number of thiazole rings is 1. The van der Waals surface area contributed by atoms with E-state index in [1.807, 2.05) is 0 Å². The zero-order chi connectivity index (χ0) is 14.3. The van der Waals surface area contributed by atoms with Gasteiger partial charge in [-0.15, -0.1) is 5.10 Å². The average Bonchev–Trinajstić information content (AvgIpc) is 3.01. The van der Waals surface area contributed by atoms with E-state index in [1.165, 1.54) is 11.3 Å². The number of alkyl halides is 3. The van der Waals surface area contributed by atoms with Crippen molar-refractivity contribution in [3.05, 3.63) is 22.0 Å². The highest BCUT2D eigenvalue weighted by atomic mass is 32.1. The zero-order valence-electron chi connectivity index (χ0n) is 10.1. The van der Waals surface area contributed by atoms with Crippen LogP contribution in [0.3, 0.4) is 0 Å². The summed E-state index contributed by atoms with van der Waals surface area (Å²) in [7, 11) is 0. The van der Waals surface area contributed by atoms with Crippen LogP contribution < -0.4 is 0 Å². The third-order valence-electron chi connectivity index (χ3n) is 3.09. The van der Waals surface area contributed by atoms with Gasteiger partial charge in [0.05, 0.1) is 5.69 Å². The van der Waals surface area contributed by atoms with Crippen LogP contribution in [0.4, 0.5) is 13.2 Å². The molecule has 20 heavy (non-hydrogen) atoms. The van der Waals surface area contributed by atoms with Crippen LogP contribution in [0.5, 0.6) is 0 Å². The molecule has 0 aliphatic heterocycles. The predicted molar refractivity (Wildman–Crippen MR) is 64.1 cm³/mol. The van der Waals surface area contributed by atoms with Crippen molar-refractivity contribution in [2.75, 3.05) is 0 Å². The maximum Gasteiger partial charge on any atom is 0.435 e. The van der Waals surface area contributed by atoms with Gasteiger partial charge >= 0.3 is 6.18 Å². The first kappa shape index (κ1) is 13.2. The summed E-state index contributed by atoms with van der Waals surface area (Å²) in [5.41, 5.74) is -1.06. The minimum atomic E-state index is -4.70. The van der Waals surface area contributed by atoms with E-state index in [2.05, 4.69) is 15.3 Å². The summed E-state index contributed by atoms with van der Waals surface area (Å²) in [6.07, 6.45) is -1.06. The molecule has 9 heteroatoms. The van der Waals surface area contributed by atoms with Gasteiger partial charge in [0, 0.05) is 4.88 Å². The van der Waals surface area contributed by atoms with Crippen LogP contribution in [0, 0.1) is 0 Å². The van der Waals surface area contributed by atoms with E-state index in [1.54, 1.807) is 0 Å². The summed E-state index contributed by atoms with van der Waals surface area (Å²) >= 11 is 1.18. The molecule has 0 N–H and O–H groups in total. The van der Waals surface area contributed by atoms with Crippen LogP contribution >= 0.6 is 11.3 Å². The fourth-order valence-electron chi connectivity index (χ4n) is 2.20. The van der Waals surface area contributed by atoms with Gasteiger partial charge in [-0.2, -0.15) is 17.9 Å². The molecule has 0 fully saturated rings. The largest absolute Gasteiger partial charge is 0.435 e. The van der Waals surface area contributed by atoms with Crippen LogP contribution in [-0.2, 0) is 19.0 Å². The molecule has 0 bridgehead atoms. The minimum Gasteiger partial charge on any atom is -0.296 e. The summed E-state index contributed by atoms with van der Waals surface area (Å²) in [5, 5.41) is 6.82. The summed E-state index contributed by atoms with van der Waals surface area (Å²) in [6, 6.07) is 0. The Hall–Kier alpha value is -1.77. The SMILES string of the molecule is O=Cc1nnn(-c2nc3c(s2)CCCC3)c1C(F)(F)F. The molecule has 5 nitrogen and oxygen atoms in total. The molecule has 2 aromatic rings. The lowest BCUT2D eigenvalue weighted by Crippen LogP contribution is -2.15. The topological polar surface area (TPSA) is 60.7 Å². The highest BCUT2D eigenvalue weighted by Crippen LogP contribution is 2.34. The highest BCUT2D eigenvalue weighted by molar-refractivity contribution is 7.14. The number of nitrogens with zero attached hydrogens (tertiary/aromatic N) is 4. The first-order valence-corrected chi connectivity index (χ1v) is 6.79. The Labute approximate surface area is 115 Å². The van der Waals surface area contributed by atoms with Crippen LogP contribution in [0.25, 0.3) is 5.13 Å². The Morgan fingerprint density at radius 2 is 2.00 bits per heavy atom. The van der Waals surface area contributed by atoms with E-state index in [9.17, 15) is 18.0 Å². The lowest BCUT2D eigenvalue weighted by Gasteiger charge is -2.07. The maximum absolute atomic E-state index is 13.0. The van der Waals surface area contributed by atoms with E-state index < -0.39 is 17.6 Å². The number of hydrogen-bond acceptors (Lipinski definition) is 5. The van der Waals surface area contributed by atoms with Gasteiger partial charge in [0.1, 0.15) is 0 Å². The van der Waals surface area contributed by atoms with Crippen molar-refractivity contribution < 1.29 is 18.0 Å². The van der Waals surface area contributed by atoms with Gasteiger partial charge in [0.15, 0.2) is 17.7 Å². The number of aryl methyl sites for hydroxylation is 2. The molecule has 0 spiro atoms. The molecule has 0 aromatic carbocycles. The maximum atomic E-state index is 13.0. The second kappa shape index (κ2) is 4.65. The molecule has 0 unspecified atom stereocenters. The zero-order valence-corrected chi connectivity index (χ0v) is 11.0. The standard InChI is InChI=1S/C11H9F3N4OS/c12-11(13,14)9-7(5-19)16-17-18(9)10-15-6-3-1-2-4-8(6)20-10/h5H,1-4H2. The van der Waals surface area contributed by atoms with Crippen LogP contribution in [0.15, 0.2) is 0 Å². The van der Waals surface area contributed by atoms with Gasteiger partial charge in [-0.3, -0.25) is 4.79 Å². The summed E-state index contributed by atoms with van der Waals surface area (Å²) in [6.45, 7) is 0. The molecule has 0 radical (unpaired) electrons. The van der Waals surface area contributed by atoms with Crippen LogP contribution in [0.2, 0.25) is 0 Å². The summed E-state index contributed by atoms with van der Waals surface area (Å²) < 4.78 is 39.7. The van der Waals surface area contributed by atoms with Gasteiger partial charge in [-0.25, -0.2) is 4.98 Å². The monoisotopic (exact) mass is 302 g/mol. The normalized spacial score (nSPS) is 15.2. The fourth-order valence-corrected chi connectivity index (χ4v) is 3.30. The van der Waals surface area contributed by atoms with Crippen molar-refractivity contribution in [3.8, 4) is 5.13 Å². The second-order valence-electron chi connectivity index (χ2n) is 4.42. The fraction of sp³-hybridized carbons (Fsp3) is 0.455. The first-order chi connectivity index (χ1) is 9.50. The predicted octanol–water partition coefficient (Wildman–Crippen LogP) is 2.43. The van der Waals surface area contributed by atoms with Crippen molar-refractivity contribution in [2.45, 2.75) is 31.9 Å². The second-order valence-corrected chi connectivity index (χ2v) is 5.49. The first-order valence-electron chi connectivity index (χ1n) is 5.97. The quantitative estimate of drug-likeness (QED) is 0.799. The van der Waals surface area contributed by atoms with Gasteiger partial charge in [-0.1, -0.05) is 16.6 Å². The number of fused-ring (bicyclic) bond motifs is 1. The highest BCUT2D eigenvalue weighted by Gasteiger charge is 2.40. The minimum absolute atomic E-state index is 0.0554. The third kappa shape index (κ3) is 2.11. The lowest BCUT2D eigenvalue weighted by molar-refractivity contribution is -0.143. The van der Waals surface area contributed by atoms with Crippen LogP contribution in [-0.4, -0.2) is 26.3 Å². The van der Waals surface area contributed by atoms with Crippen molar-refractivity contribution in [2.24, 2.45) is 0 Å². The van der Waals surface area contributed by atoms with Crippen molar-refractivity contribution >= 4 is 17.6 Å². The molecule has 0 atom stereocenters. The molecule has 0 saturated heterocycles. The van der Waals surface area contributed by atoms with E-state index in [0.29, 0.717) is 4.68 Å². The molecule has 2 aromatic heterocycles. The Morgan fingerprint density at radius 3 is 2.65 bits per heavy atom. The van der Waals surface area contributed by atoms with E-state index in [4.69, 9.17) is 0 Å². The van der Waals surface area contributed by atoms with Crippen molar-refractivity contribution in [1.29, 1.82) is 0 Å². The number of carbonyl (C=O) groups excluding carboxylic acids is 1. The Balaban J connectivity index is 2.12. The molecule has 0 saturated carbocycles. The number of rotatable bonds is 2. The van der Waals surface area contributed by atoms with Gasteiger partial charge in [0.2, 0.25) is 5.13 Å². The molecular weight excluding hydrogens is 293 g/mol. The molecule has 1 aliphatic rings. The summed E-state index contributed by atoms with van der Waals surface area (Å²) in [4.78, 5) is 15.9. The molecule has 106 valence electrons. The Bertz CT molecular complexity index is 638. The van der Waals surface area contributed by atoms with Crippen molar-refractivity contribution in [3.63, 3.8) is 0 Å². The third-order valence-corrected chi connectivity index (χ3v) is 4.22. The Kier molecular flexibility index (Phi) is 3.08. The van der Waals surface area contributed by atoms with Gasteiger partial charge < -0.3 is 0 Å². The van der Waals surface area contributed by atoms with E-state index in [-0.39, 0.29) is 11.4 Å². The van der Waals surface area contributed by atoms with Gasteiger partial charge in [0.25, 0.3) is 0 Å². The molecule has 2 heterocycles. The average molecular weight is 302 g/mol. The smallest absolute Gasteiger partial charge is 0.296 e. The van der Waals surface area contributed by atoms with E-state index >= 15 is 0 Å². The van der Waals surface area contributed by atoms with Crippen molar-refractivity contribution in [1.82, 2.24) is 20.0 Å². The number of halogens is 3. The van der Waals surface area contributed by atoms with E-state index in [0.717, 1.165) is 36.3 Å². The molecule has 1 aliphatic carbocycles. The number of hydrogen-bond donors (Lipinski definition) is 0. The number of aromatic nitrogens is 4. The van der Waals surface area contributed by atoms with Gasteiger partial charge in [-0.05, 0) is 25.7 Å². The van der Waals surface area contributed by atoms with Crippen LogP contribution in [0.1, 0.15) is 39.6 Å². The molecule has 0 amide bonds. The number of aldehydes is 1. The summed E-state index contributed by atoms with van der Waals surface area (Å²) in [5.74, 6) is 0. The molecule has 3 rings (SSSR count). The Morgan fingerprint density at radius 1 is 1.25 bits per heavy atom.